The first kappa shape index (κ1) is 10.3. The van der Waals surface area contributed by atoms with Gasteiger partial charge in [-0.2, -0.15) is 0 Å². The van der Waals surface area contributed by atoms with E-state index in [4.69, 9.17) is 34.8 Å². The Hall–Kier alpha value is 0.340. The van der Waals surface area contributed by atoms with Crippen LogP contribution in [0.1, 0.15) is 6.92 Å². The lowest BCUT2D eigenvalue weighted by molar-refractivity contribution is -0.133. The van der Waals surface area contributed by atoms with E-state index in [1.807, 2.05) is 0 Å². The number of hydrogen-bond acceptors (Lipinski definition) is 2. The number of ether oxygens (including phenoxy) is 1. The van der Waals surface area contributed by atoms with Crippen LogP contribution in [0.25, 0.3) is 0 Å². The number of alkyl halides is 3. The van der Waals surface area contributed by atoms with Gasteiger partial charge in [-0.15, -0.1) is 11.6 Å². The van der Waals surface area contributed by atoms with Crippen molar-refractivity contribution >= 4 is 41.3 Å². The molecule has 0 saturated carbocycles. The third-order valence-electron chi connectivity index (χ3n) is 1.03. The summed E-state index contributed by atoms with van der Waals surface area (Å²) in [6, 6.07) is 0. The van der Waals surface area contributed by atoms with Crippen LogP contribution in [0.5, 0.6) is 0 Å². The monoisotopic (exact) mass is 204 g/mol. The molecule has 0 aromatic rings. The van der Waals surface area contributed by atoms with Gasteiger partial charge >= 0.3 is 0 Å². The molecule has 0 aromatic heterocycles. The predicted molar refractivity (Wildman–Crippen MR) is 41.8 cm³/mol. The van der Waals surface area contributed by atoms with Gasteiger partial charge < -0.3 is 4.74 Å². The van der Waals surface area contributed by atoms with Crippen molar-refractivity contribution in [3.05, 3.63) is 0 Å². The second-order valence-corrected chi connectivity index (χ2v) is 3.58. The Morgan fingerprint density at radius 3 is 2.50 bits per heavy atom. The van der Waals surface area contributed by atoms with Crippen molar-refractivity contribution in [1.82, 2.24) is 0 Å². The van der Waals surface area contributed by atoms with Crippen molar-refractivity contribution in [3.63, 3.8) is 0 Å². The summed E-state index contributed by atoms with van der Waals surface area (Å²) in [5, 5.41) is 0. The van der Waals surface area contributed by atoms with Gasteiger partial charge in [0, 0.05) is 0 Å². The second kappa shape index (κ2) is 4.27. The molecule has 10 heavy (non-hydrogen) atoms. The smallest absolute Gasteiger partial charge is 0.293 e. The standard InChI is InChI=1S/C5H7Cl3O2/c1-4(10-3-9)5(7,8)2-6/h3-4H,2H2,1H3. The maximum absolute atomic E-state index is 9.80. The fourth-order valence-corrected chi connectivity index (χ4v) is 0.612. The summed E-state index contributed by atoms with van der Waals surface area (Å²) in [6.07, 6.45) is -0.592. The lowest BCUT2D eigenvalue weighted by atomic mass is 10.3. The van der Waals surface area contributed by atoms with Gasteiger partial charge in [-0.1, -0.05) is 23.2 Å². The summed E-state index contributed by atoms with van der Waals surface area (Å²) < 4.78 is 3.28. The van der Waals surface area contributed by atoms with E-state index in [2.05, 4.69) is 4.74 Å². The van der Waals surface area contributed by atoms with Crippen molar-refractivity contribution in [2.24, 2.45) is 0 Å². The first-order valence-electron chi connectivity index (χ1n) is 2.57. The number of carbonyl (C=O) groups is 1. The van der Waals surface area contributed by atoms with Crippen LogP contribution in [-0.2, 0) is 9.53 Å². The second-order valence-electron chi connectivity index (χ2n) is 1.77. The summed E-state index contributed by atoms with van der Waals surface area (Å²) in [4.78, 5) is 9.80. The molecule has 0 N–H and O–H groups in total. The molecule has 0 rings (SSSR count). The first-order valence-corrected chi connectivity index (χ1v) is 3.86. The van der Waals surface area contributed by atoms with E-state index in [0.29, 0.717) is 0 Å². The minimum atomic E-state index is -1.19. The van der Waals surface area contributed by atoms with E-state index in [0.717, 1.165) is 0 Å². The summed E-state index contributed by atoms with van der Waals surface area (Å²) in [7, 11) is 0. The Kier molecular flexibility index (Phi) is 4.41. The summed E-state index contributed by atoms with van der Waals surface area (Å²) in [5.41, 5.74) is 0. The van der Waals surface area contributed by atoms with Gasteiger partial charge in [0.2, 0.25) is 0 Å². The summed E-state index contributed by atoms with van der Waals surface area (Å²) in [6.45, 7) is 1.85. The highest BCUT2D eigenvalue weighted by molar-refractivity contribution is 6.51. The molecule has 0 fully saturated rings. The number of halogens is 3. The molecular formula is C5H7Cl3O2. The van der Waals surface area contributed by atoms with E-state index in [9.17, 15) is 4.79 Å². The molecule has 0 aliphatic heterocycles. The van der Waals surface area contributed by atoms with Gasteiger partial charge in [-0.3, -0.25) is 4.79 Å². The molecule has 0 heterocycles. The summed E-state index contributed by atoms with van der Waals surface area (Å²) >= 11 is 16.6. The molecular weight excluding hydrogens is 198 g/mol. The molecule has 0 aliphatic carbocycles. The predicted octanol–water partition coefficient (Wildman–Crippen LogP) is 1.96. The quantitative estimate of drug-likeness (QED) is 0.518. The van der Waals surface area contributed by atoms with Crippen LogP contribution < -0.4 is 0 Å². The van der Waals surface area contributed by atoms with Gasteiger partial charge in [0.25, 0.3) is 6.47 Å². The maximum Gasteiger partial charge on any atom is 0.293 e. The fourth-order valence-electron chi connectivity index (χ4n) is 0.292. The molecule has 1 unspecified atom stereocenters. The summed E-state index contributed by atoms with van der Waals surface area (Å²) in [5.74, 6) is 0.0190. The third-order valence-corrected chi connectivity index (χ3v) is 2.61. The highest BCUT2D eigenvalue weighted by Gasteiger charge is 2.31. The molecule has 0 amide bonds. The van der Waals surface area contributed by atoms with Crippen LogP contribution in [0.2, 0.25) is 0 Å². The molecule has 1 atom stereocenters. The minimum Gasteiger partial charge on any atom is -0.462 e. The highest BCUT2D eigenvalue weighted by Crippen LogP contribution is 2.28. The molecule has 0 aromatic carbocycles. The van der Waals surface area contributed by atoms with Gasteiger partial charge in [-0.25, -0.2) is 0 Å². The van der Waals surface area contributed by atoms with Crippen LogP contribution in [-0.4, -0.2) is 22.8 Å². The molecule has 60 valence electrons. The van der Waals surface area contributed by atoms with E-state index >= 15 is 0 Å². The van der Waals surface area contributed by atoms with Crippen LogP contribution in [0, 0.1) is 0 Å². The van der Waals surface area contributed by atoms with E-state index in [-0.39, 0.29) is 12.4 Å². The molecule has 5 heteroatoms. The zero-order valence-electron chi connectivity index (χ0n) is 5.31. The van der Waals surface area contributed by atoms with Crippen molar-refractivity contribution in [2.75, 3.05) is 5.88 Å². The van der Waals surface area contributed by atoms with Gasteiger partial charge in [-0.05, 0) is 6.92 Å². The fraction of sp³-hybridized carbons (Fsp3) is 0.800. The van der Waals surface area contributed by atoms with Crippen LogP contribution >= 0.6 is 34.8 Å². The Bertz CT molecular complexity index is 115. The number of carbonyl (C=O) groups excluding carboxylic acids is 1. The van der Waals surface area contributed by atoms with Crippen molar-refractivity contribution in [2.45, 2.75) is 17.4 Å². The zero-order chi connectivity index (χ0) is 8.20. The molecule has 0 radical (unpaired) electrons. The molecule has 0 bridgehead atoms. The third kappa shape index (κ3) is 2.95. The van der Waals surface area contributed by atoms with Crippen molar-refractivity contribution in [1.29, 1.82) is 0 Å². The van der Waals surface area contributed by atoms with Gasteiger partial charge in [0.15, 0.2) is 4.33 Å². The Balaban J connectivity index is 3.89. The van der Waals surface area contributed by atoms with Crippen molar-refractivity contribution in [3.8, 4) is 0 Å². The van der Waals surface area contributed by atoms with E-state index in [1.54, 1.807) is 6.92 Å². The SMILES string of the molecule is CC(OC=O)C(Cl)(Cl)CCl. The van der Waals surface area contributed by atoms with E-state index in [1.165, 1.54) is 0 Å². The average molecular weight is 205 g/mol. The Labute approximate surface area is 74.4 Å². The molecule has 0 aliphatic rings. The van der Waals surface area contributed by atoms with Gasteiger partial charge in [0.05, 0.1) is 5.88 Å². The molecule has 2 nitrogen and oxygen atoms in total. The zero-order valence-corrected chi connectivity index (χ0v) is 7.58. The Morgan fingerprint density at radius 2 is 2.20 bits per heavy atom. The molecule has 0 spiro atoms. The van der Waals surface area contributed by atoms with Gasteiger partial charge in [0.1, 0.15) is 6.10 Å². The molecule has 0 saturated heterocycles. The average Bonchev–Trinajstić information content (AvgIpc) is 1.89. The highest BCUT2D eigenvalue weighted by atomic mass is 35.5. The number of hydrogen-bond donors (Lipinski definition) is 0. The lowest BCUT2D eigenvalue weighted by Gasteiger charge is -2.22. The van der Waals surface area contributed by atoms with Crippen molar-refractivity contribution < 1.29 is 9.53 Å². The largest absolute Gasteiger partial charge is 0.462 e. The van der Waals surface area contributed by atoms with Crippen LogP contribution in [0.4, 0.5) is 0 Å². The van der Waals surface area contributed by atoms with E-state index < -0.39 is 10.4 Å². The number of rotatable bonds is 4. The minimum absolute atomic E-state index is 0.0190. The first-order chi connectivity index (χ1) is 4.54. The Morgan fingerprint density at radius 1 is 1.70 bits per heavy atom. The van der Waals surface area contributed by atoms with Crippen LogP contribution in [0.15, 0.2) is 0 Å². The maximum atomic E-state index is 9.80. The topological polar surface area (TPSA) is 26.3 Å². The van der Waals surface area contributed by atoms with Crippen LogP contribution in [0.3, 0.4) is 0 Å². The lowest BCUT2D eigenvalue weighted by Crippen LogP contribution is -2.32. The normalized spacial score (nSPS) is 14.4.